The molecule has 0 saturated carbocycles. The molecule has 0 aromatic rings. The number of likely N-dealkylation sites (N-methyl/N-ethyl adjacent to an activating group) is 1. The molecule has 0 fully saturated rings. The van der Waals surface area contributed by atoms with E-state index in [4.69, 9.17) is 0 Å². The largest absolute Gasteiger partial charge is 0.318 e. The Morgan fingerprint density at radius 2 is 1.67 bits per heavy atom. The van der Waals surface area contributed by atoms with Gasteiger partial charge in [0, 0.05) is 12.6 Å². The molecule has 0 aromatic heterocycles. The van der Waals surface area contributed by atoms with Crippen molar-refractivity contribution in [3.63, 3.8) is 0 Å². The molecular formula is C10H24N2. The van der Waals surface area contributed by atoms with E-state index >= 15 is 0 Å². The lowest BCUT2D eigenvalue weighted by atomic mass is 10.0. The molecule has 12 heavy (non-hydrogen) atoms. The van der Waals surface area contributed by atoms with E-state index in [2.05, 4.69) is 31.4 Å². The van der Waals surface area contributed by atoms with Crippen LogP contribution in [0.25, 0.3) is 0 Å². The fourth-order valence-electron chi connectivity index (χ4n) is 1.32. The molecule has 0 aliphatic heterocycles. The van der Waals surface area contributed by atoms with Gasteiger partial charge in [0.15, 0.2) is 0 Å². The number of hydrogen-bond acceptors (Lipinski definition) is 2. The third-order valence-electron chi connectivity index (χ3n) is 2.42. The molecule has 0 bridgehead atoms. The lowest BCUT2D eigenvalue weighted by molar-refractivity contribution is 0.412. The quantitative estimate of drug-likeness (QED) is 0.610. The SMILES string of the molecule is CCC(CC)CNC(C)CNC. The van der Waals surface area contributed by atoms with Crippen LogP contribution in [0.3, 0.4) is 0 Å². The minimum Gasteiger partial charge on any atom is -0.318 e. The van der Waals surface area contributed by atoms with Gasteiger partial charge in [0.25, 0.3) is 0 Å². The van der Waals surface area contributed by atoms with Crippen molar-refractivity contribution in [2.45, 2.75) is 39.7 Å². The average Bonchev–Trinajstić information content (AvgIpc) is 2.07. The van der Waals surface area contributed by atoms with Crippen LogP contribution < -0.4 is 10.6 Å². The minimum atomic E-state index is 0.593. The highest BCUT2D eigenvalue weighted by Gasteiger charge is 2.04. The van der Waals surface area contributed by atoms with Crippen molar-refractivity contribution < 1.29 is 0 Å². The van der Waals surface area contributed by atoms with E-state index < -0.39 is 0 Å². The van der Waals surface area contributed by atoms with Gasteiger partial charge in [0.05, 0.1) is 0 Å². The van der Waals surface area contributed by atoms with E-state index in [0.717, 1.165) is 19.0 Å². The summed E-state index contributed by atoms with van der Waals surface area (Å²) in [5, 5.41) is 6.69. The van der Waals surface area contributed by atoms with Gasteiger partial charge < -0.3 is 10.6 Å². The van der Waals surface area contributed by atoms with Gasteiger partial charge in [0.2, 0.25) is 0 Å². The fraction of sp³-hybridized carbons (Fsp3) is 1.00. The van der Waals surface area contributed by atoms with E-state index in [9.17, 15) is 0 Å². The number of rotatable bonds is 7. The molecule has 0 radical (unpaired) electrons. The van der Waals surface area contributed by atoms with Crippen LogP contribution in [-0.2, 0) is 0 Å². The van der Waals surface area contributed by atoms with Gasteiger partial charge in [-0.1, -0.05) is 26.7 Å². The molecule has 2 heteroatoms. The molecule has 0 aliphatic carbocycles. The first-order valence-electron chi connectivity index (χ1n) is 5.12. The summed E-state index contributed by atoms with van der Waals surface area (Å²) < 4.78 is 0. The first-order chi connectivity index (χ1) is 5.74. The molecule has 74 valence electrons. The first-order valence-corrected chi connectivity index (χ1v) is 5.12. The van der Waals surface area contributed by atoms with Crippen molar-refractivity contribution in [3.8, 4) is 0 Å². The molecule has 2 nitrogen and oxygen atoms in total. The van der Waals surface area contributed by atoms with Crippen LogP contribution in [0.1, 0.15) is 33.6 Å². The lowest BCUT2D eigenvalue weighted by Gasteiger charge is -2.18. The maximum atomic E-state index is 3.52. The van der Waals surface area contributed by atoms with Gasteiger partial charge >= 0.3 is 0 Å². The third-order valence-corrected chi connectivity index (χ3v) is 2.42. The Bertz CT molecular complexity index is 89.8. The smallest absolute Gasteiger partial charge is 0.0164 e. The molecular weight excluding hydrogens is 148 g/mol. The van der Waals surface area contributed by atoms with Gasteiger partial charge in [-0.05, 0) is 26.4 Å². The molecule has 0 amide bonds. The lowest BCUT2D eigenvalue weighted by Crippen LogP contribution is -2.37. The van der Waals surface area contributed by atoms with Crippen LogP contribution >= 0.6 is 0 Å². The van der Waals surface area contributed by atoms with Crippen LogP contribution in [0.15, 0.2) is 0 Å². The van der Waals surface area contributed by atoms with E-state index in [0.29, 0.717) is 6.04 Å². The molecule has 2 N–H and O–H groups in total. The highest BCUT2D eigenvalue weighted by Crippen LogP contribution is 2.05. The van der Waals surface area contributed by atoms with Crippen LogP contribution in [0, 0.1) is 5.92 Å². The summed E-state index contributed by atoms with van der Waals surface area (Å²) in [5.41, 5.74) is 0. The second-order valence-electron chi connectivity index (χ2n) is 3.55. The Balaban J connectivity index is 3.37. The molecule has 0 heterocycles. The summed E-state index contributed by atoms with van der Waals surface area (Å²) in [7, 11) is 2.00. The molecule has 1 unspecified atom stereocenters. The number of hydrogen-bond donors (Lipinski definition) is 2. The zero-order valence-corrected chi connectivity index (χ0v) is 8.98. The summed E-state index contributed by atoms with van der Waals surface area (Å²) in [4.78, 5) is 0. The topological polar surface area (TPSA) is 24.1 Å². The van der Waals surface area contributed by atoms with Gasteiger partial charge in [-0.15, -0.1) is 0 Å². The number of nitrogens with one attached hydrogen (secondary N) is 2. The van der Waals surface area contributed by atoms with Crippen molar-refractivity contribution >= 4 is 0 Å². The standard InChI is InChI=1S/C10H24N2/c1-5-10(6-2)8-12-9(3)7-11-4/h9-12H,5-8H2,1-4H3. The Morgan fingerprint density at radius 3 is 2.08 bits per heavy atom. The van der Waals surface area contributed by atoms with Gasteiger partial charge in [-0.3, -0.25) is 0 Å². The van der Waals surface area contributed by atoms with Gasteiger partial charge in [-0.25, -0.2) is 0 Å². The molecule has 1 atom stereocenters. The van der Waals surface area contributed by atoms with E-state index in [1.807, 2.05) is 7.05 Å². The Hall–Kier alpha value is -0.0800. The summed E-state index contributed by atoms with van der Waals surface area (Å²) in [5.74, 6) is 0.851. The van der Waals surface area contributed by atoms with Crippen molar-refractivity contribution in [2.24, 2.45) is 5.92 Å². The summed E-state index contributed by atoms with van der Waals surface area (Å²) in [6.07, 6.45) is 2.57. The maximum absolute atomic E-state index is 3.52. The van der Waals surface area contributed by atoms with Gasteiger partial charge in [0.1, 0.15) is 0 Å². The molecule has 0 rings (SSSR count). The normalized spacial score (nSPS) is 13.8. The van der Waals surface area contributed by atoms with E-state index in [1.54, 1.807) is 0 Å². The molecule has 0 saturated heterocycles. The van der Waals surface area contributed by atoms with Crippen molar-refractivity contribution in [2.75, 3.05) is 20.1 Å². The van der Waals surface area contributed by atoms with Crippen LogP contribution in [0.4, 0.5) is 0 Å². The third kappa shape index (κ3) is 5.56. The molecule has 0 aliphatic rings. The van der Waals surface area contributed by atoms with Crippen molar-refractivity contribution in [1.82, 2.24) is 10.6 Å². The Morgan fingerprint density at radius 1 is 1.08 bits per heavy atom. The fourth-order valence-corrected chi connectivity index (χ4v) is 1.32. The predicted octanol–water partition coefficient (Wildman–Crippen LogP) is 1.62. The second kappa shape index (κ2) is 7.56. The molecule has 0 spiro atoms. The predicted molar refractivity (Wildman–Crippen MR) is 55.5 cm³/mol. The second-order valence-corrected chi connectivity index (χ2v) is 3.55. The van der Waals surface area contributed by atoms with Crippen LogP contribution in [0.5, 0.6) is 0 Å². The van der Waals surface area contributed by atoms with Gasteiger partial charge in [-0.2, -0.15) is 0 Å². The first kappa shape index (κ1) is 11.9. The highest BCUT2D eigenvalue weighted by molar-refractivity contribution is 4.65. The summed E-state index contributed by atoms with van der Waals surface area (Å²) >= 11 is 0. The summed E-state index contributed by atoms with van der Waals surface area (Å²) in [6.45, 7) is 8.96. The maximum Gasteiger partial charge on any atom is 0.0164 e. The highest BCUT2D eigenvalue weighted by atomic mass is 15.0. The monoisotopic (exact) mass is 172 g/mol. The Kier molecular flexibility index (Phi) is 7.51. The van der Waals surface area contributed by atoms with E-state index in [-0.39, 0.29) is 0 Å². The minimum absolute atomic E-state index is 0.593. The average molecular weight is 172 g/mol. The van der Waals surface area contributed by atoms with Crippen LogP contribution in [-0.4, -0.2) is 26.2 Å². The van der Waals surface area contributed by atoms with Crippen molar-refractivity contribution in [3.05, 3.63) is 0 Å². The van der Waals surface area contributed by atoms with Crippen molar-refractivity contribution in [1.29, 1.82) is 0 Å². The Labute approximate surface area is 77.1 Å². The van der Waals surface area contributed by atoms with Crippen LogP contribution in [0.2, 0.25) is 0 Å². The zero-order chi connectivity index (χ0) is 9.40. The molecule has 0 aromatic carbocycles. The summed E-state index contributed by atoms with van der Waals surface area (Å²) in [6, 6.07) is 0.593. The van der Waals surface area contributed by atoms with E-state index in [1.165, 1.54) is 12.8 Å². The zero-order valence-electron chi connectivity index (χ0n) is 8.98.